The molecule has 1 rings (SSSR count). The molecular weight excluding hydrogens is 494 g/mol. The highest BCUT2D eigenvalue weighted by molar-refractivity contribution is 5.15. The smallest absolute Gasteiger partial charge is 0.171 e. The Balaban J connectivity index is 2.26. The third kappa shape index (κ3) is 25.4. The van der Waals surface area contributed by atoms with E-state index < -0.39 is 0 Å². The monoisotopic (exact) mass is 571 g/mol. The minimum Gasteiger partial charge on any atom is -0.205 e. The van der Waals surface area contributed by atoms with Crippen molar-refractivity contribution < 1.29 is 4.57 Å². The van der Waals surface area contributed by atoms with Gasteiger partial charge in [-0.3, -0.25) is 0 Å². The molecule has 1 nitrogen and oxygen atoms in total. The highest BCUT2D eigenvalue weighted by atomic mass is 14.9. The zero-order valence-corrected chi connectivity index (χ0v) is 28.8. The van der Waals surface area contributed by atoms with Gasteiger partial charge in [-0.2, -0.15) is 0 Å². The Morgan fingerprint density at radius 1 is 0.341 bits per heavy atom. The van der Waals surface area contributed by atoms with E-state index in [1.807, 2.05) is 0 Å². The fraction of sp³-hybridized carbons (Fsp3) is 0.875. The second-order valence-corrected chi connectivity index (χ2v) is 13.5. The zero-order valence-electron chi connectivity index (χ0n) is 28.8. The van der Waals surface area contributed by atoms with Gasteiger partial charge in [0.1, 0.15) is 6.54 Å². The normalized spacial score (nSPS) is 11.5. The van der Waals surface area contributed by atoms with Crippen LogP contribution in [0, 0.1) is 0 Å². The first-order valence-corrected chi connectivity index (χ1v) is 19.3. The lowest BCUT2D eigenvalue weighted by Gasteiger charge is -2.07. The molecule has 0 spiro atoms. The summed E-state index contributed by atoms with van der Waals surface area (Å²) < 4.78 is 2.56. The van der Waals surface area contributed by atoms with Crippen LogP contribution in [0.4, 0.5) is 0 Å². The molecule has 0 atom stereocenters. The van der Waals surface area contributed by atoms with Gasteiger partial charge < -0.3 is 0 Å². The van der Waals surface area contributed by atoms with Gasteiger partial charge in [-0.05, 0) is 38.2 Å². The lowest BCUT2D eigenvalue weighted by Crippen LogP contribution is -2.34. The molecule has 1 aromatic rings. The Kier molecular flexibility index (Phi) is 28.5. The second kappa shape index (κ2) is 30.6. The molecule has 1 heteroatoms. The summed E-state index contributed by atoms with van der Waals surface area (Å²) in [7, 11) is 0. The van der Waals surface area contributed by atoms with Gasteiger partial charge in [-0.15, -0.1) is 0 Å². The molecule has 0 aliphatic heterocycles. The topological polar surface area (TPSA) is 3.88 Å². The first kappa shape index (κ1) is 38.2. The summed E-state index contributed by atoms with van der Waals surface area (Å²) >= 11 is 0. The Morgan fingerprint density at radius 3 is 0.927 bits per heavy atom. The molecule has 0 radical (unpaired) electrons. The Labute approximate surface area is 260 Å². The van der Waals surface area contributed by atoms with Gasteiger partial charge in [0.05, 0.1) is 0 Å². The Hall–Kier alpha value is -0.850. The van der Waals surface area contributed by atoms with E-state index >= 15 is 0 Å². The average Bonchev–Trinajstić information content (AvgIpc) is 2.98. The predicted molar refractivity (Wildman–Crippen MR) is 185 cm³/mol. The minimum atomic E-state index is 1.22. The van der Waals surface area contributed by atoms with E-state index in [9.17, 15) is 0 Å². The van der Waals surface area contributed by atoms with Crippen LogP contribution in [0.1, 0.15) is 218 Å². The summed E-state index contributed by atoms with van der Waals surface area (Å²) in [6.45, 7) is 8.15. The molecule has 0 fully saturated rings. The maximum absolute atomic E-state index is 2.56. The standard InChI is InChI=1S/C40H76N/c1-4-7-10-13-16-17-18-19-20-21-22-23-26-29-32-35-41-37-39(33-30-27-24-14-11-8-5-2)36-40(38-41)34-31-28-25-15-12-9-6-3/h36-38H,4-35H2,1-3H3/q+1. The van der Waals surface area contributed by atoms with Gasteiger partial charge in [0.25, 0.3) is 0 Å². The van der Waals surface area contributed by atoms with E-state index in [1.54, 1.807) is 11.1 Å². The van der Waals surface area contributed by atoms with Crippen LogP contribution in [0.5, 0.6) is 0 Å². The summed E-state index contributed by atoms with van der Waals surface area (Å²) in [6, 6.07) is 2.55. The number of aryl methyl sites for hydroxylation is 3. The third-order valence-corrected chi connectivity index (χ3v) is 9.19. The molecule has 0 bridgehead atoms. The van der Waals surface area contributed by atoms with Crippen molar-refractivity contribution in [3.05, 3.63) is 29.6 Å². The zero-order chi connectivity index (χ0) is 29.5. The van der Waals surface area contributed by atoms with Gasteiger partial charge in [0.2, 0.25) is 0 Å². The fourth-order valence-electron chi connectivity index (χ4n) is 6.42. The van der Waals surface area contributed by atoms with Gasteiger partial charge >= 0.3 is 0 Å². The van der Waals surface area contributed by atoms with E-state index in [0.717, 1.165) is 0 Å². The van der Waals surface area contributed by atoms with Crippen LogP contribution >= 0.6 is 0 Å². The molecule has 1 heterocycles. The quantitative estimate of drug-likeness (QED) is 0.0599. The maximum atomic E-state index is 2.56. The highest BCUT2D eigenvalue weighted by Crippen LogP contribution is 2.16. The molecule has 0 saturated carbocycles. The van der Waals surface area contributed by atoms with Crippen molar-refractivity contribution in [2.75, 3.05) is 0 Å². The SMILES string of the molecule is CCCCCCCCCCCCCCCCC[n+]1cc(CCCCCCCCC)cc(CCCCCCCCC)c1. The molecule has 0 N–H and O–H groups in total. The molecule has 0 aliphatic carbocycles. The molecule has 41 heavy (non-hydrogen) atoms. The minimum absolute atomic E-state index is 1.22. The largest absolute Gasteiger partial charge is 0.205 e. The van der Waals surface area contributed by atoms with Crippen molar-refractivity contribution in [2.24, 2.45) is 0 Å². The van der Waals surface area contributed by atoms with E-state index in [-0.39, 0.29) is 0 Å². The molecule has 0 aliphatic rings. The van der Waals surface area contributed by atoms with Crippen molar-refractivity contribution in [1.29, 1.82) is 0 Å². The number of hydrogen-bond donors (Lipinski definition) is 0. The van der Waals surface area contributed by atoms with Gasteiger partial charge in [0.15, 0.2) is 12.4 Å². The van der Waals surface area contributed by atoms with Crippen LogP contribution in [0.3, 0.4) is 0 Å². The first-order valence-electron chi connectivity index (χ1n) is 19.3. The van der Waals surface area contributed by atoms with E-state index in [2.05, 4.69) is 43.8 Å². The molecular formula is C40H76N+. The second-order valence-electron chi connectivity index (χ2n) is 13.5. The molecule has 0 saturated heterocycles. The molecule has 0 amide bonds. The summed E-state index contributed by atoms with van der Waals surface area (Å²) in [5, 5.41) is 0. The van der Waals surface area contributed by atoms with Crippen LogP contribution in [-0.4, -0.2) is 0 Å². The van der Waals surface area contributed by atoms with Crippen molar-refractivity contribution in [3.8, 4) is 0 Å². The number of nitrogens with zero attached hydrogens (tertiary/aromatic N) is 1. The Morgan fingerprint density at radius 2 is 0.610 bits per heavy atom. The number of unbranched alkanes of at least 4 members (excludes halogenated alkanes) is 26. The van der Waals surface area contributed by atoms with Crippen molar-refractivity contribution in [1.82, 2.24) is 0 Å². The molecule has 0 unspecified atom stereocenters. The first-order chi connectivity index (χ1) is 20.3. The molecule has 1 aromatic heterocycles. The average molecular weight is 571 g/mol. The van der Waals surface area contributed by atoms with Crippen LogP contribution in [-0.2, 0) is 19.4 Å². The number of aromatic nitrogens is 1. The molecule has 0 aromatic carbocycles. The van der Waals surface area contributed by atoms with Gasteiger partial charge in [0, 0.05) is 17.5 Å². The number of pyridine rings is 1. The van der Waals surface area contributed by atoms with Crippen LogP contribution in [0.15, 0.2) is 18.5 Å². The highest BCUT2D eigenvalue weighted by Gasteiger charge is 2.09. The van der Waals surface area contributed by atoms with Crippen LogP contribution in [0.2, 0.25) is 0 Å². The summed E-state index contributed by atoms with van der Waals surface area (Å²) in [4.78, 5) is 0. The third-order valence-electron chi connectivity index (χ3n) is 9.19. The lowest BCUT2D eigenvalue weighted by molar-refractivity contribution is -0.698. The van der Waals surface area contributed by atoms with Crippen molar-refractivity contribution in [3.63, 3.8) is 0 Å². The van der Waals surface area contributed by atoms with Gasteiger partial charge in [-0.25, -0.2) is 4.57 Å². The van der Waals surface area contributed by atoms with Gasteiger partial charge in [-0.1, -0.05) is 181 Å². The van der Waals surface area contributed by atoms with Crippen LogP contribution < -0.4 is 4.57 Å². The molecule has 240 valence electrons. The summed E-state index contributed by atoms with van der Waals surface area (Å²) in [5.74, 6) is 0. The van der Waals surface area contributed by atoms with E-state index in [4.69, 9.17) is 0 Å². The van der Waals surface area contributed by atoms with Crippen LogP contribution in [0.25, 0.3) is 0 Å². The van der Waals surface area contributed by atoms with E-state index in [1.165, 1.54) is 206 Å². The van der Waals surface area contributed by atoms with E-state index in [0.29, 0.717) is 0 Å². The summed E-state index contributed by atoms with van der Waals surface area (Å²) in [6.07, 6.45) is 48.9. The Bertz CT molecular complexity index is 614. The van der Waals surface area contributed by atoms with Crippen molar-refractivity contribution in [2.45, 2.75) is 226 Å². The fourth-order valence-corrected chi connectivity index (χ4v) is 6.42. The predicted octanol–water partition coefficient (Wildman–Crippen LogP) is 13.4. The maximum Gasteiger partial charge on any atom is 0.171 e. The lowest BCUT2D eigenvalue weighted by atomic mass is 10.0. The van der Waals surface area contributed by atoms with Crippen molar-refractivity contribution >= 4 is 0 Å². The summed E-state index contributed by atoms with van der Waals surface area (Å²) in [5.41, 5.74) is 3.19. The number of hydrogen-bond acceptors (Lipinski definition) is 0. The number of rotatable bonds is 32.